The Morgan fingerprint density at radius 1 is 0.970 bits per heavy atom. The lowest BCUT2D eigenvalue weighted by molar-refractivity contribution is 0.0274. The van der Waals surface area contributed by atoms with Crippen LogP contribution in [-0.4, -0.2) is 36.7 Å². The van der Waals surface area contributed by atoms with Crippen molar-refractivity contribution in [2.75, 3.05) is 19.9 Å². The highest BCUT2D eigenvalue weighted by molar-refractivity contribution is 6.15. The van der Waals surface area contributed by atoms with Gasteiger partial charge in [-0.05, 0) is 47.7 Å². The number of carbonyl (C=O) groups is 1. The second kappa shape index (κ2) is 8.50. The molecule has 5 nitrogen and oxygen atoms in total. The fourth-order valence-electron chi connectivity index (χ4n) is 4.75. The van der Waals surface area contributed by atoms with Gasteiger partial charge in [0.15, 0.2) is 5.76 Å². The molecule has 1 saturated heterocycles. The van der Waals surface area contributed by atoms with Gasteiger partial charge >= 0.3 is 0 Å². The van der Waals surface area contributed by atoms with Crippen molar-refractivity contribution >= 4 is 11.9 Å². The molecule has 1 unspecified atom stereocenters. The number of fused-ring (bicyclic) bond motifs is 3. The zero-order valence-corrected chi connectivity index (χ0v) is 18.3. The van der Waals surface area contributed by atoms with Crippen LogP contribution >= 0.6 is 0 Å². The molecule has 0 bridgehead atoms. The summed E-state index contributed by atoms with van der Waals surface area (Å²) in [5.41, 5.74) is 4.76. The molecule has 0 aromatic heterocycles. The Kier molecular flexibility index (Phi) is 5.21. The van der Waals surface area contributed by atoms with Crippen molar-refractivity contribution in [3.8, 4) is 22.6 Å². The van der Waals surface area contributed by atoms with Crippen LogP contribution in [0.25, 0.3) is 17.2 Å². The summed E-state index contributed by atoms with van der Waals surface area (Å²) in [5, 5.41) is 0. The lowest BCUT2D eigenvalue weighted by Gasteiger charge is -2.31. The van der Waals surface area contributed by atoms with Crippen LogP contribution < -0.4 is 9.47 Å². The Balaban J connectivity index is 1.23. The van der Waals surface area contributed by atoms with E-state index in [0.29, 0.717) is 30.3 Å². The second-order valence-corrected chi connectivity index (χ2v) is 8.77. The van der Waals surface area contributed by atoms with Crippen LogP contribution in [0.4, 0.5) is 0 Å². The number of carbonyl (C=O) groups excluding carboxylic acids is 1. The van der Waals surface area contributed by atoms with Gasteiger partial charge < -0.3 is 14.2 Å². The van der Waals surface area contributed by atoms with E-state index in [1.807, 2.05) is 48.5 Å². The van der Waals surface area contributed by atoms with Gasteiger partial charge in [-0.1, -0.05) is 54.6 Å². The maximum atomic E-state index is 13.1. The Labute approximate surface area is 193 Å². The standard InChI is InChI=1S/C28H25NO4/c30-27-23-12-13-25-24(17-29(18-32-25)16-22-7-4-14-31-22)28(23)33-26(27)15-19-8-10-21(11-9-19)20-5-2-1-3-6-20/h1-3,5-6,8-13,15,22H,4,7,14,16-18H2/b26-15-. The van der Waals surface area contributed by atoms with Gasteiger partial charge in [0.25, 0.3) is 0 Å². The summed E-state index contributed by atoms with van der Waals surface area (Å²) in [4.78, 5) is 15.3. The van der Waals surface area contributed by atoms with Crippen LogP contribution in [0.1, 0.15) is 34.3 Å². The molecule has 3 heterocycles. The molecule has 3 aromatic rings. The predicted octanol–water partition coefficient (Wildman–Crippen LogP) is 5.30. The molecule has 5 heteroatoms. The van der Waals surface area contributed by atoms with Crippen LogP contribution in [-0.2, 0) is 11.3 Å². The highest BCUT2D eigenvalue weighted by Gasteiger charge is 2.34. The highest BCUT2D eigenvalue weighted by atomic mass is 16.5. The molecular formula is C28H25NO4. The quantitative estimate of drug-likeness (QED) is 0.516. The third-order valence-electron chi connectivity index (χ3n) is 6.48. The summed E-state index contributed by atoms with van der Waals surface area (Å²) in [7, 11) is 0. The average molecular weight is 440 g/mol. The van der Waals surface area contributed by atoms with Crippen molar-refractivity contribution in [2.24, 2.45) is 0 Å². The van der Waals surface area contributed by atoms with Gasteiger partial charge in [-0.25, -0.2) is 0 Å². The van der Waals surface area contributed by atoms with Crippen molar-refractivity contribution in [1.29, 1.82) is 0 Å². The molecule has 1 atom stereocenters. The van der Waals surface area contributed by atoms with Crippen LogP contribution in [0, 0.1) is 0 Å². The molecule has 0 spiro atoms. The van der Waals surface area contributed by atoms with E-state index in [9.17, 15) is 4.79 Å². The maximum absolute atomic E-state index is 13.1. The summed E-state index contributed by atoms with van der Waals surface area (Å²) < 4.78 is 17.9. The van der Waals surface area contributed by atoms with Gasteiger partial charge in [0.05, 0.1) is 17.2 Å². The predicted molar refractivity (Wildman–Crippen MR) is 126 cm³/mol. The third-order valence-corrected chi connectivity index (χ3v) is 6.48. The van der Waals surface area contributed by atoms with Crippen molar-refractivity contribution in [3.63, 3.8) is 0 Å². The number of rotatable bonds is 4. The smallest absolute Gasteiger partial charge is 0.231 e. The molecule has 0 saturated carbocycles. The van der Waals surface area contributed by atoms with Gasteiger partial charge in [0, 0.05) is 19.7 Å². The van der Waals surface area contributed by atoms with Crippen molar-refractivity contribution in [1.82, 2.24) is 4.90 Å². The number of allylic oxidation sites excluding steroid dienone is 1. The van der Waals surface area contributed by atoms with Crippen LogP contribution in [0.3, 0.4) is 0 Å². The molecule has 3 aliphatic heterocycles. The Hall–Kier alpha value is -3.41. The van der Waals surface area contributed by atoms with Gasteiger partial charge in [0.1, 0.15) is 18.2 Å². The maximum Gasteiger partial charge on any atom is 0.231 e. The molecule has 0 amide bonds. The minimum absolute atomic E-state index is 0.0869. The first-order valence-corrected chi connectivity index (χ1v) is 11.5. The molecule has 0 aliphatic carbocycles. The van der Waals surface area contributed by atoms with Crippen LogP contribution in [0.2, 0.25) is 0 Å². The van der Waals surface area contributed by atoms with Gasteiger partial charge in [-0.3, -0.25) is 9.69 Å². The van der Waals surface area contributed by atoms with Crippen LogP contribution in [0.5, 0.6) is 11.5 Å². The average Bonchev–Trinajstić information content (AvgIpc) is 3.48. The molecule has 3 aromatic carbocycles. The number of hydrogen-bond acceptors (Lipinski definition) is 5. The van der Waals surface area contributed by atoms with E-state index in [1.165, 1.54) is 0 Å². The number of benzene rings is 3. The Morgan fingerprint density at radius 2 is 1.79 bits per heavy atom. The number of Topliss-reactive ketones (excluding diaryl/α,β-unsaturated/α-hetero) is 1. The lowest BCUT2D eigenvalue weighted by atomic mass is 10.0. The topological polar surface area (TPSA) is 48.0 Å². The largest absolute Gasteiger partial charge is 0.478 e. The molecule has 0 N–H and O–H groups in total. The molecule has 33 heavy (non-hydrogen) atoms. The van der Waals surface area contributed by atoms with E-state index in [1.54, 1.807) is 0 Å². The monoisotopic (exact) mass is 439 g/mol. The Morgan fingerprint density at radius 3 is 2.58 bits per heavy atom. The SMILES string of the molecule is O=C1/C(=C/c2ccc(-c3ccccc3)cc2)Oc2c1ccc1c2CN(CC2CCCO2)CO1. The molecule has 166 valence electrons. The zero-order chi connectivity index (χ0) is 22.2. The third kappa shape index (κ3) is 3.94. The van der Waals surface area contributed by atoms with Crippen molar-refractivity contribution in [3.05, 3.63) is 89.2 Å². The first-order valence-electron chi connectivity index (χ1n) is 11.5. The van der Waals surface area contributed by atoms with E-state index in [2.05, 4.69) is 29.2 Å². The summed E-state index contributed by atoms with van der Waals surface area (Å²) >= 11 is 0. The minimum Gasteiger partial charge on any atom is -0.478 e. The van der Waals surface area contributed by atoms with E-state index >= 15 is 0 Å². The molecule has 3 aliphatic rings. The fourth-order valence-corrected chi connectivity index (χ4v) is 4.75. The molecule has 1 fully saturated rings. The zero-order valence-electron chi connectivity index (χ0n) is 18.3. The first kappa shape index (κ1) is 20.2. The molecule has 0 radical (unpaired) electrons. The van der Waals surface area contributed by atoms with E-state index < -0.39 is 0 Å². The van der Waals surface area contributed by atoms with Crippen LogP contribution in [0.15, 0.2) is 72.5 Å². The fraction of sp³-hybridized carbons (Fsp3) is 0.250. The minimum atomic E-state index is -0.0869. The van der Waals surface area contributed by atoms with E-state index in [4.69, 9.17) is 14.2 Å². The normalized spacial score (nSPS) is 20.9. The summed E-state index contributed by atoms with van der Waals surface area (Å²) in [5.74, 6) is 1.68. The summed E-state index contributed by atoms with van der Waals surface area (Å²) in [6.07, 6.45) is 4.27. The van der Waals surface area contributed by atoms with Gasteiger partial charge in [-0.2, -0.15) is 0 Å². The lowest BCUT2D eigenvalue weighted by Crippen LogP contribution is -2.37. The number of ether oxygens (including phenoxy) is 3. The highest BCUT2D eigenvalue weighted by Crippen LogP contribution is 2.42. The summed E-state index contributed by atoms with van der Waals surface area (Å²) in [6.45, 7) is 2.87. The van der Waals surface area contributed by atoms with Gasteiger partial charge in [0.2, 0.25) is 5.78 Å². The van der Waals surface area contributed by atoms with Crippen molar-refractivity contribution < 1.29 is 19.0 Å². The summed E-state index contributed by atoms with van der Waals surface area (Å²) in [6, 6.07) is 22.1. The van der Waals surface area contributed by atoms with Crippen molar-refractivity contribution in [2.45, 2.75) is 25.5 Å². The number of hydrogen-bond donors (Lipinski definition) is 0. The molecule has 6 rings (SSSR count). The van der Waals surface area contributed by atoms with E-state index in [-0.39, 0.29) is 11.9 Å². The molecular weight excluding hydrogens is 414 g/mol. The first-order chi connectivity index (χ1) is 16.2. The van der Waals surface area contributed by atoms with E-state index in [0.717, 1.165) is 54.0 Å². The number of nitrogens with zero attached hydrogens (tertiary/aromatic N) is 1. The van der Waals surface area contributed by atoms with Gasteiger partial charge in [-0.15, -0.1) is 0 Å². The Bertz CT molecular complexity index is 1210. The second-order valence-electron chi connectivity index (χ2n) is 8.77. The number of ketones is 1.